The maximum Gasteiger partial charge on any atom is 0.254 e. The number of halogens is 2. The van der Waals surface area contributed by atoms with E-state index in [1.807, 2.05) is 20.8 Å². The van der Waals surface area contributed by atoms with Crippen LogP contribution in [0.15, 0.2) is 12.1 Å². The van der Waals surface area contributed by atoms with E-state index in [-0.39, 0.29) is 17.3 Å². The van der Waals surface area contributed by atoms with Crippen LogP contribution in [0.4, 0.5) is 14.5 Å². The fourth-order valence-corrected chi connectivity index (χ4v) is 2.17. The van der Waals surface area contributed by atoms with Gasteiger partial charge >= 0.3 is 0 Å². The Labute approximate surface area is 112 Å². The van der Waals surface area contributed by atoms with Crippen molar-refractivity contribution < 1.29 is 13.6 Å². The lowest BCUT2D eigenvalue weighted by Gasteiger charge is -2.22. The Morgan fingerprint density at radius 1 is 1.32 bits per heavy atom. The van der Waals surface area contributed by atoms with Crippen molar-refractivity contribution >= 4 is 11.6 Å². The van der Waals surface area contributed by atoms with Crippen LogP contribution in [0.3, 0.4) is 0 Å². The minimum absolute atomic E-state index is 0.105. The molecule has 0 aliphatic carbocycles. The summed E-state index contributed by atoms with van der Waals surface area (Å²) >= 11 is 0. The third-order valence-corrected chi connectivity index (χ3v) is 3.42. The van der Waals surface area contributed by atoms with E-state index in [0.717, 1.165) is 25.0 Å². The van der Waals surface area contributed by atoms with Gasteiger partial charge in [0.05, 0.1) is 11.3 Å². The molecule has 0 aromatic heterocycles. The molecular weight excluding hydrogens is 250 g/mol. The highest BCUT2D eigenvalue weighted by molar-refractivity contribution is 5.95. The van der Waals surface area contributed by atoms with Crippen molar-refractivity contribution in [3.63, 3.8) is 0 Å². The molecule has 1 rings (SSSR count). The highest BCUT2D eigenvalue weighted by Gasteiger charge is 2.20. The quantitative estimate of drug-likeness (QED) is 0.808. The maximum absolute atomic E-state index is 13.7. The maximum atomic E-state index is 13.7. The van der Waals surface area contributed by atoms with Crippen LogP contribution in [0.2, 0.25) is 0 Å². The standard InChI is InChI=1S/C14H20F2N2O/c1-4-9(5-2)8(3)18-14(19)11-6-10(15)7-12(17)13(11)16/h6-9H,4-5,17H2,1-3H3,(H,18,19). The SMILES string of the molecule is CCC(CC)C(C)NC(=O)c1cc(F)cc(N)c1F. The number of amides is 1. The van der Waals surface area contributed by atoms with Crippen LogP contribution < -0.4 is 11.1 Å². The number of hydrogen-bond acceptors (Lipinski definition) is 2. The molecule has 0 fully saturated rings. The number of nitrogens with one attached hydrogen (secondary N) is 1. The summed E-state index contributed by atoms with van der Waals surface area (Å²) in [5.74, 6) is -1.93. The van der Waals surface area contributed by atoms with Crippen molar-refractivity contribution in [2.24, 2.45) is 5.92 Å². The summed E-state index contributed by atoms with van der Waals surface area (Å²) in [4.78, 5) is 11.9. The molecule has 0 saturated carbocycles. The highest BCUT2D eigenvalue weighted by atomic mass is 19.1. The Kier molecular flexibility index (Phi) is 5.27. The van der Waals surface area contributed by atoms with Crippen molar-refractivity contribution in [2.45, 2.75) is 39.7 Å². The summed E-state index contributed by atoms with van der Waals surface area (Å²) in [5, 5.41) is 2.69. The molecule has 0 aliphatic rings. The normalized spacial score (nSPS) is 12.5. The summed E-state index contributed by atoms with van der Waals surface area (Å²) in [7, 11) is 0. The molecule has 19 heavy (non-hydrogen) atoms. The zero-order chi connectivity index (χ0) is 14.6. The Morgan fingerprint density at radius 2 is 1.89 bits per heavy atom. The molecule has 0 radical (unpaired) electrons. The zero-order valence-corrected chi connectivity index (χ0v) is 11.5. The average molecular weight is 270 g/mol. The van der Waals surface area contributed by atoms with Gasteiger partial charge in [0.2, 0.25) is 0 Å². The number of carbonyl (C=O) groups excluding carboxylic acids is 1. The van der Waals surface area contributed by atoms with E-state index in [4.69, 9.17) is 5.73 Å². The molecule has 1 unspecified atom stereocenters. The van der Waals surface area contributed by atoms with Gasteiger partial charge in [0.1, 0.15) is 5.82 Å². The molecule has 3 nitrogen and oxygen atoms in total. The van der Waals surface area contributed by atoms with Crippen LogP contribution in [0, 0.1) is 17.6 Å². The van der Waals surface area contributed by atoms with E-state index in [1.165, 1.54) is 0 Å². The second kappa shape index (κ2) is 6.50. The van der Waals surface area contributed by atoms with Crippen molar-refractivity contribution in [2.75, 3.05) is 5.73 Å². The van der Waals surface area contributed by atoms with Crippen LogP contribution in [0.1, 0.15) is 44.0 Å². The third kappa shape index (κ3) is 3.66. The van der Waals surface area contributed by atoms with Crippen LogP contribution >= 0.6 is 0 Å². The van der Waals surface area contributed by atoms with Gasteiger partial charge in [0.25, 0.3) is 5.91 Å². The summed E-state index contributed by atoms with van der Waals surface area (Å²) in [6, 6.07) is 1.61. The first-order chi connectivity index (χ1) is 8.90. The van der Waals surface area contributed by atoms with E-state index >= 15 is 0 Å². The van der Waals surface area contributed by atoms with Gasteiger partial charge < -0.3 is 11.1 Å². The van der Waals surface area contributed by atoms with Crippen LogP contribution in [-0.2, 0) is 0 Å². The molecule has 0 heterocycles. The lowest BCUT2D eigenvalue weighted by Crippen LogP contribution is -2.38. The second-order valence-electron chi connectivity index (χ2n) is 4.70. The number of anilines is 1. The lowest BCUT2D eigenvalue weighted by atomic mass is 9.95. The van der Waals surface area contributed by atoms with Gasteiger partial charge in [-0.3, -0.25) is 4.79 Å². The molecule has 0 bridgehead atoms. The van der Waals surface area contributed by atoms with E-state index in [2.05, 4.69) is 5.32 Å². The van der Waals surface area contributed by atoms with Gasteiger partial charge in [-0.2, -0.15) is 0 Å². The molecule has 1 atom stereocenters. The first-order valence-electron chi connectivity index (χ1n) is 6.46. The van der Waals surface area contributed by atoms with Gasteiger partial charge in [-0.1, -0.05) is 26.7 Å². The molecule has 0 spiro atoms. The van der Waals surface area contributed by atoms with E-state index in [1.54, 1.807) is 0 Å². The topological polar surface area (TPSA) is 55.1 Å². The number of carbonyl (C=O) groups is 1. The van der Waals surface area contributed by atoms with Gasteiger partial charge in [-0.15, -0.1) is 0 Å². The number of rotatable bonds is 5. The average Bonchev–Trinajstić information content (AvgIpc) is 2.35. The third-order valence-electron chi connectivity index (χ3n) is 3.42. The predicted molar refractivity (Wildman–Crippen MR) is 71.8 cm³/mol. The summed E-state index contributed by atoms with van der Waals surface area (Å²) in [6.45, 7) is 5.91. The Bertz CT molecular complexity index is 459. The van der Waals surface area contributed by atoms with Crippen molar-refractivity contribution in [3.05, 3.63) is 29.3 Å². The van der Waals surface area contributed by atoms with Gasteiger partial charge in [0.15, 0.2) is 5.82 Å². The number of nitrogens with two attached hydrogens (primary N) is 1. The first kappa shape index (κ1) is 15.4. The minimum Gasteiger partial charge on any atom is -0.396 e. The van der Waals surface area contributed by atoms with Crippen molar-refractivity contribution in [1.29, 1.82) is 0 Å². The van der Waals surface area contributed by atoms with Gasteiger partial charge in [0, 0.05) is 6.04 Å². The van der Waals surface area contributed by atoms with E-state index < -0.39 is 17.5 Å². The zero-order valence-electron chi connectivity index (χ0n) is 11.5. The van der Waals surface area contributed by atoms with E-state index in [9.17, 15) is 13.6 Å². The van der Waals surface area contributed by atoms with E-state index in [0.29, 0.717) is 5.92 Å². The number of benzene rings is 1. The fraction of sp³-hybridized carbons (Fsp3) is 0.500. The van der Waals surface area contributed by atoms with Gasteiger partial charge in [-0.25, -0.2) is 8.78 Å². The largest absolute Gasteiger partial charge is 0.396 e. The van der Waals surface area contributed by atoms with Crippen LogP contribution in [-0.4, -0.2) is 11.9 Å². The van der Waals surface area contributed by atoms with Crippen LogP contribution in [0.5, 0.6) is 0 Å². The highest BCUT2D eigenvalue weighted by Crippen LogP contribution is 2.19. The molecule has 1 amide bonds. The molecule has 5 heteroatoms. The first-order valence-corrected chi connectivity index (χ1v) is 6.46. The monoisotopic (exact) mass is 270 g/mol. The smallest absolute Gasteiger partial charge is 0.254 e. The lowest BCUT2D eigenvalue weighted by molar-refractivity contribution is 0.0920. The fourth-order valence-electron chi connectivity index (χ4n) is 2.17. The summed E-state index contributed by atoms with van der Waals surface area (Å²) in [5.41, 5.74) is 4.59. The number of hydrogen-bond donors (Lipinski definition) is 2. The second-order valence-corrected chi connectivity index (χ2v) is 4.70. The Morgan fingerprint density at radius 3 is 2.42 bits per heavy atom. The minimum atomic E-state index is -0.879. The summed E-state index contributed by atoms with van der Waals surface area (Å²) < 4.78 is 26.9. The Balaban J connectivity index is 2.90. The molecule has 0 aliphatic heterocycles. The Hall–Kier alpha value is -1.65. The molecule has 106 valence electrons. The predicted octanol–water partition coefficient (Wildman–Crippen LogP) is 3.10. The van der Waals surface area contributed by atoms with Crippen molar-refractivity contribution in [1.82, 2.24) is 5.32 Å². The molecule has 0 saturated heterocycles. The molecular formula is C14H20F2N2O. The molecule has 1 aromatic rings. The summed E-state index contributed by atoms with van der Waals surface area (Å²) in [6.07, 6.45) is 1.82. The number of nitrogen functional groups attached to an aromatic ring is 1. The van der Waals surface area contributed by atoms with Crippen molar-refractivity contribution in [3.8, 4) is 0 Å². The van der Waals surface area contributed by atoms with Crippen LogP contribution in [0.25, 0.3) is 0 Å². The molecule has 1 aromatic carbocycles. The molecule has 3 N–H and O–H groups in total. The van der Waals surface area contributed by atoms with Gasteiger partial charge in [-0.05, 0) is 25.0 Å².